The van der Waals surface area contributed by atoms with E-state index in [1.165, 1.54) is 31.3 Å². The lowest BCUT2D eigenvalue weighted by atomic mass is 10.2. The predicted molar refractivity (Wildman–Crippen MR) is 112 cm³/mol. The van der Waals surface area contributed by atoms with Gasteiger partial charge in [-0.15, -0.1) is 13.2 Å². The maximum absolute atomic E-state index is 12.6. The van der Waals surface area contributed by atoms with Gasteiger partial charge in [-0.25, -0.2) is 9.78 Å². The number of anilines is 2. The van der Waals surface area contributed by atoms with Crippen molar-refractivity contribution in [1.29, 1.82) is 0 Å². The third kappa shape index (κ3) is 7.18. The van der Waals surface area contributed by atoms with Crippen LogP contribution in [0.15, 0.2) is 35.0 Å². The van der Waals surface area contributed by atoms with E-state index in [0.717, 1.165) is 6.07 Å². The first kappa shape index (κ1) is 25.0. The summed E-state index contributed by atoms with van der Waals surface area (Å²) in [5.41, 5.74) is 0.184. The van der Waals surface area contributed by atoms with Crippen molar-refractivity contribution in [2.45, 2.75) is 32.4 Å². The van der Waals surface area contributed by atoms with E-state index in [-0.39, 0.29) is 40.7 Å². The highest BCUT2D eigenvalue weighted by Gasteiger charge is 2.32. The number of hydrogen-bond acceptors (Lipinski definition) is 10. The number of amides is 1. The number of aliphatic hydroxyl groups excluding tert-OH is 1. The normalized spacial score (nSPS) is 13.1. The average molecular weight is 503 g/mol. The van der Waals surface area contributed by atoms with Crippen LogP contribution in [0, 0.1) is 0 Å². The molecule has 0 saturated heterocycles. The molecule has 3 N–H and O–H groups in total. The number of halogens is 4. The molecule has 182 valence electrons. The Morgan fingerprint density at radius 1 is 1.26 bits per heavy atom. The van der Waals surface area contributed by atoms with Gasteiger partial charge in [-0.05, 0) is 38.1 Å². The van der Waals surface area contributed by atoms with Crippen LogP contribution in [0.4, 0.5) is 29.7 Å². The number of rotatable bonds is 8. The summed E-state index contributed by atoms with van der Waals surface area (Å²) >= 11 is 5.75. The van der Waals surface area contributed by atoms with Crippen LogP contribution in [0.1, 0.15) is 25.8 Å². The molecule has 1 unspecified atom stereocenters. The third-order valence-electron chi connectivity index (χ3n) is 3.91. The molecule has 1 amide bonds. The van der Waals surface area contributed by atoms with Gasteiger partial charge in [0.25, 0.3) is 0 Å². The number of hydrogen-bond donors (Lipinski definition) is 3. The summed E-state index contributed by atoms with van der Waals surface area (Å²) in [6, 6.07) is 4.47. The largest absolute Gasteiger partial charge is 0.573 e. The van der Waals surface area contributed by atoms with Crippen molar-refractivity contribution in [2.75, 3.05) is 17.2 Å². The van der Waals surface area contributed by atoms with E-state index in [9.17, 15) is 18.0 Å². The van der Waals surface area contributed by atoms with Crippen molar-refractivity contribution in [1.82, 2.24) is 20.1 Å². The van der Waals surface area contributed by atoms with Gasteiger partial charge in [-0.1, -0.05) is 16.8 Å². The van der Waals surface area contributed by atoms with Crippen LogP contribution >= 0.6 is 11.6 Å². The first-order chi connectivity index (χ1) is 16.0. The highest BCUT2D eigenvalue weighted by Crippen LogP contribution is 2.33. The van der Waals surface area contributed by atoms with E-state index < -0.39 is 30.4 Å². The molecule has 0 aliphatic heterocycles. The Balaban J connectivity index is 1.68. The lowest BCUT2D eigenvalue weighted by Gasteiger charge is -2.11. The van der Waals surface area contributed by atoms with E-state index in [4.69, 9.17) is 26.0 Å². The van der Waals surface area contributed by atoms with Crippen LogP contribution in [0.3, 0.4) is 0 Å². The predicted octanol–water partition coefficient (Wildman–Crippen LogP) is 4.18. The SMILES string of the molecule is CC(Nc1nccc(NC(=O)OC[C@H](C)O)n1)c1nc(-c2ccc(Cl)c(OC(F)(F)F)c2)no1. The maximum atomic E-state index is 12.6. The number of nitrogens with one attached hydrogen (secondary N) is 2. The number of carbonyl (C=O) groups is 1. The number of nitrogens with zero attached hydrogens (tertiary/aromatic N) is 4. The van der Waals surface area contributed by atoms with Gasteiger partial charge in [0, 0.05) is 11.8 Å². The smallest absolute Gasteiger partial charge is 0.447 e. The van der Waals surface area contributed by atoms with Gasteiger partial charge < -0.3 is 24.4 Å². The minimum atomic E-state index is -4.92. The molecule has 2 aromatic heterocycles. The summed E-state index contributed by atoms with van der Waals surface area (Å²) in [5, 5.41) is 18.0. The molecule has 0 saturated carbocycles. The van der Waals surface area contributed by atoms with Crippen LogP contribution in [-0.2, 0) is 4.74 Å². The first-order valence-corrected chi connectivity index (χ1v) is 9.98. The fourth-order valence-corrected chi connectivity index (χ4v) is 2.62. The Morgan fingerprint density at radius 2 is 2.03 bits per heavy atom. The summed E-state index contributed by atoms with van der Waals surface area (Å²) in [6.45, 7) is 2.93. The van der Waals surface area contributed by atoms with Gasteiger partial charge in [-0.3, -0.25) is 5.32 Å². The molecular formula is C19H18ClF3N6O5. The molecule has 3 rings (SSSR count). The summed E-state index contributed by atoms with van der Waals surface area (Å²) in [6.07, 6.45) is -5.16. The molecule has 0 spiro atoms. The highest BCUT2D eigenvalue weighted by molar-refractivity contribution is 6.32. The minimum Gasteiger partial charge on any atom is -0.447 e. The Bertz CT molecular complexity index is 1140. The Labute approximate surface area is 195 Å². The zero-order valence-corrected chi connectivity index (χ0v) is 18.4. The minimum absolute atomic E-state index is 0.00420. The number of alkyl halides is 3. The van der Waals surface area contributed by atoms with E-state index in [1.54, 1.807) is 6.92 Å². The lowest BCUT2D eigenvalue weighted by molar-refractivity contribution is -0.274. The number of benzene rings is 1. The standard InChI is InChI=1S/C19H18ClF3N6O5/c1-9(30)8-32-18(31)27-14-5-6-24-17(26-14)25-10(2)16-28-15(29-34-16)11-3-4-12(20)13(7-11)33-19(21,22)23/h3-7,9-10,30H,8H2,1-2H3,(H2,24,25,26,27,31)/t9-,10?/m0/s1. The van der Waals surface area contributed by atoms with Crippen LogP contribution in [-0.4, -0.2) is 50.4 Å². The third-order valence-corrected chi connectivity index (χ3v) is 4.23. The second-order valence-corrected chi connectivity index (χ2v) is 7.26. The second kappa shape index (κ2) is 10.5. The van der Waals surface area contributed by atoms with Crippen molar-refractivity contribution >= 4 is 29.5 Å². The molecule has 2 heterocycles. The van der Waals surface area contributed by atoms with E-state index in [0.29, 0.717) is 0 Å². The fourth-order valence-electron chi connectivity index (χ4n) is 2.46. The number of carbonyl (C=O) groups excluding carboxylic acids is 1. The Morgan fingerprint density at radius 3 is 2.74 bits per heavy atom. The van der Waals surface area contributed by atoms with Crippen LogP contribution < -0.4 is 15.4 Å². The Hall–Kier alpha value is -3.65. The molecule has 0 radical (unpaired) electrons. The molecule has 3 aromatic rings. The first-order valence-electron chi connectivity index (χ1n) is 9.61. The molecule has 0 aliphatic rings. The van der Waals surface area contributed by atoms with Crippen molar-refractivity contribution in [3.05, 3.63) is 41.4 Å². The van der Waals surface area contributed by atoms with Crippen LogP contribution in [0.25, 0.3) is 11.4 Å². The topological polar surface area (TPSA) is 145 Å². The quantitative estimate of drug-likeness (QED) is 0.410. The average Bonchev–Trinajstić information content (AvgIpc) is 3.24. The molecule has 34 heavy (non-hydrogen) atoms. The molecule has 2 atom stereocenters. The summed E-state index contributed by atoms with van der Waals surface area (Å²) in [7, 11) is 0. The zero-order valence-electron chi connectivity index (χ0n) is 17.6. The molecule has 11 nitrogen and oxygen atoms in total. The zero-order chi connectivity index (χ0) is 24.9. The van der Waals surface area contributed by atoms with Crippen LogP contribution in [0.5, 0.6) is 5.75 Å². The van der Waals surface area contributed by atoms with Gasteiger partial charge in [0.2, 0.25) is 17.7 Å². The monoisotopic (exact) mass is 502 g/mol. The van der Waals surface area contributed by atoms with E-state index >= 15 is 0 Å². The van der Waals surface area contributed by atoms with Crippen molar-refractivity contribution in [3.63, 3.8) is 0 Å². The molecule has 15 heteroatoms. The maximum Gasteiger partial charge on any atom is 0.573 e. The molecule has 0 fully saturated rings. The number of aromatic nitrogens is 4. The van der Waals surface area contributed by atoms with Gasteiger partial charge in [0.05, 0.1) is 11.1 Å². The van der Waals surface area contributed by atoms with E-state index in [2.05, 4.69) is 35.5 Å². The fraction of sp³-hybridized carbons (Fsp3) is 0.316. The molecule has 0 aliphatic carbocycles. The molecular weight excluding hydrogens is 485 g/mol. The van der Waals surface area contributed by atoms with Gasteiger partial charge >= 0.3 is 12.5 Å². The summed E-state index contributed by atoms with van der Waals surface area (Å²) < 4.78 is 51.5. The van der Waals surface area contributed by atoms with Gasteiger partial charge in [-0.2, -0.15) is 9.97 Å². The van der Waals surface area contributed by atoms with Crippen molar-refractivity contribution in [3.8, 4) is 17.1 Å². The lowest BCUT2D eigenvalue weighted by Crippen LogP contribution is -2.20. The van der Waals surface area contributed by atoms with Gasteiger partial charge in [0.15, 0.2) is 0 Å². The van der Waals surface area contributed by atoms with Gasteiger partial charge in [0.1, 0.15) is 24.2 Å². The number of aliphatic hydroxyl groups is 1. The van der Waals surface area contributed by atoms with Crippen LogP contribution in [0.2, 0.25) is 5.02 Å². The summed E-state index contributed by atoms with van der Waals surface area (Å²) in [5.74, 6) is -0.280. The van der Waals surface area contributed by atoms with Crippen molar-refractivity contribution < 1.29 is 37.1 Å². The number of ether oxygens (including phenoxy) is 2. The van der Waals surface area contributed by atoms with E-state index in [1.807, 2.05) is 0 Å². The molecule has 1 aromatic carbocycles. The highest BCUT2D eigenvalue weighted by atomic mass is 35.5. The molecule has 0 bridgehead atoms. The summed E-state index contributed by atoms with van der Waals surface area (Å²) in [4.78, 5) is 24.0. The second-order valence-electron chi connectivity index (χ2n) is 6.85. The Kier molecular flexibility index (Phi) is 7.73. The van der Waals surface area contributed by atoms with Crippen molar-refractivity contribution in [2.24, 2.45) is 0 Å².